The quantitative estimate of drug-likeness (QED) is 0.648. The average molecular weight is 246 g/mol. The van der Waals surface area contributed by atoms with Crippen molar-refractivity contribution in [2.75, 3.05) is 11.9 Å². The van der Waals surface area contributed by atoms with Crippen molar-refractivity contribution in [2.24, 2.45) is 0 Å². The van der Waals surface area contributed by atoms with Crippen molar-refractivity contribution in [3.05, 3.63) is 52.3 Å². The Morgan fingerprint density at radius 2 is 2.28 bits per heavy atom. The van der Waals surface area contributed by atoms with Gasteiger partial charge < -0.3 is 5.32 Å². The molecule has 0 unspecified atom stereocenters. The van der Waals surface area contributed by atoms with E-state index in [-0.39, 0.29) is 10.6 Å². The fraction of sp³-hybridized carbons (Fsp3) is 0.250. The van der Waals surface area contributed by atoms with Gasteiger partial charge in [0.25, 0.3) is 5.69 Å². The van der Waals surface area contributed by atoms with Gasteiger partial charge in [-0.2, -0.15) is 5.10 Å². The first kappa shape index (κ1) is 12.1. The molecule has 0 atom stereocenters. The van der Waals surface area contributed by atoms with E-state index < -0.39 is 0 Å². The van der Waals surface area contributed by atoms with Crippen molar-refractivity contribution in [2.45, 2.75) is 13.5 Å². The van der Waals surface area contributed by atoms with Crippen molar-refractivity contribution >= 4 is 11.4 Å². The number of rotatable bonds is 5. The molecule has 0 saturated heterocycles. The Balaban J connectivity index is 2.05. The number of para-hydroxylation sites is 1. The summed E-state index contributed by atoms with van der Waals surface area (Å²) in [6, 6.07) is 7.10. The van der Waals surface area contributed by atoms with E-state index in [0.29, 0.717) is 24.3 Å². The average Bonchev–Trinajstić information content (AvgIpc) is 2.81. The number of aryl methyl sites for hydroxylation is 1. The van der Waals surface area contributed by atoms with Crippen LogP contribution >= 0.6 is 0 Å². The molecule has 0 bridgehead atoms. The molecule has 18 heavy (non-hydrogen) atoms. The largest absolute Gasteiger partial charge is 0.378 e. The van der Waals surface area contributed by atoms with E-state index in [1.54, 1.807) is 36.0 Å². The van der Waals surface area contributed by atoms with Crippen molar-refractivity contribution in [3.63, 3.8) is 0 Å². The van der Waals surface area contributed by atoms with Gasteiger partial charge in [0.2, 0.25) is 0 Å². The number of aromatic nitrogens is 2. The number of anilines is 1. The van der Waals surface area contributed by atoms with Crippen molar-refractivity contribution in [1.82, 2.24) is 9.78 Å². The van der Waals surface area contributed by atoms with Crippen LogP contribution in [-0.4, -0.2) is 21.2 Å². The van der Waals surface area contributed by atoms with Gasteiger partial charge in [-0.1, -0.05) is 12.1 Å². The summed E-state index contributed by atoms with van der Waals surface area (Å²) in [4.78, 5) is 10.6. The molecule has 1 aromatic carbocycles. The molecule has 0 radical (unpaired) electrons. The molecular formula is C12H14N4O2. The first-order valence-corrected chi connectivity index (χ1v) is 5.64. The zero-order valence-corrected chi connectivity index (χ0v) is 10.0. The molecule has 1 heterocycles. The molecule has 0 aliphatic heterocycles. The molecule has 0 fully saturated rings. The van der Waals surface area contributed by atoms with Gasteiger partial charge in [0.15, 0.2) is 0 Å². The van der Waals surface area contributed by atoms with Crippen LogP contribution in [0.25, 0.3) is 0 Å². The maximum atomic E-state index is 11.0. The van der Waals surface area contributed by atoms with Gasteiger partial charge in [-0.3, -0.25) is 14.8 Å². The Labute approximate surface area is 104 Å². The van der Waals surface area contributed by atoms with Crippen LogP contribution in [-0.2, 0) is 6.54 Å². The molecule has 1 aromatic heterocycles. The van der Waals surface area contributed by atoms with Crippen molar-refractivity contribution in [1.29, 1.82) is 0 Å². The van der Waals surface area contributed by atoms with Crippen LogP contribution in [0, 0.1) is 17.0 Å². The van der Waals surface area contributed by atoms with Crippen LogP contribution in [0.2, 0.25) is 0 Å². The summed E-state index contributed by atoms with van der Waals surface area (Å²) in [5, 5.41) is 18.1. The minimum absolute atomic E-state index is 0.137. The first-order chi connectivity index (χ1) is 8.68. The molecule has 0 aliphatic carbocycles. The molecular weight excluding hydrogens is 232 g/mol. The fourth-order valence-corrected chi connectivity index (χ4v) is 1.78. The monoisotopic (exact) mass is 246 g/mol. The lowest BCUT2D eigenvalue weighted by Crippen LogP contribution is -2.12. The van der Waals surface area contributed by atoms with E-state index in [1.165, 1.54) is 0 Å². The lowest BCUT2D eigenvalue weighted by Gasteiger charge is -2.08. The van der Waals surface area contributed by atoms with E-state index in [9.17, 15) is 10.1 Å². The zero-order chi connectivity index (χ0) is 13.0. The number of hydrogen-bond acceptors (Lipinski definition) is 4. The number of nitro benzene ring substituents is 1. The third kappa shape index (κ3) is 2.65. The predicted octanol–water partition coefficient (Wildman–Crippen LogP) is 2.21. The van der Waals surface area contributed by atoms with Crippen LogP contribution in [0.4, 0.5) is 11.4 Å². The second-order valence-corrected chi connectivity index (χ2v) is 3.92. The van der Waals surface area contributed by atoms with Crippen molar-refractivity contribution < 1.29 is 4.92 Å². The van der Waals surface area contributed by atoms with Gasteiger partial charge in [0.1, 0.15) is 5.69 Å². The maximum absolute atomic E-state index is 11.0. The minimum atomic E-state index is -0.356. The molecule has 0 saturated carbocycles. The summed E-state index contributed by atoms with van der Waals surface area (Å²) in [5.41, 5.74) is 1.34. The second kappa shape index (κ2) is 5.31. The van der Waals surface area contributed by atoms with E-state index in [1.807, 2.05) is 12.3 Å². The van der Waals surface area contributed by atoms with Gasteiger partial charge in [-0.25, -0.2) is 0 Å². The van der Waals surface area contributed by atoms with Gasteiger partial charge >= 0.3 is 0 Å². The summed E-state index contributed by atoms with van der Waals surface area (Å²) >= 11 is 0. The molecule has 1 N–H and O–H groups in total. The fourth-order valence-electron chi connectivity index (χ4n) is 1.78. The molecule has 0 aliphatic rings. The lowest BCUT2D eigenvalue weighted by molar-refractivity contribution is -0.384. The van der Waals surface area contributed by atoms with Gasteiger partial charge in [0.05, 0.1) is 11.5 Å². The molecule has 0 amide bonds. The summed E-state index contributed by atoms with van der Waals surface area (Å²) in [6.45, 7) is 2.99. The van der Waals surface area contributed by atoms with Crippen LogP contribution in [0.15, 0.2) is 36.7 Å². The van der Waals surface area contributed by atoms with Crippen LogP contribution < -0.4 is 5.32 Å². The standard InChI is InChI=1S/C12H14N4O2/c1-10-4-2-5-11(12(10)16(17)18)13-7-9-15-8-3-6-14-15/h2-6,8,13H,7,9H2,1H3. The van der Waals surface area contributed by atoms with E-state index >= 15 is 0 Å². The third-order valence-corrected chi connectivity index (χ3v) is 2.64. The summed E-state index contributed by atoms with van der Waals surface area (Å²) < 4.78 is 1.77. The topological polar surface area (TPSA) is 73.0 Å². The highest BCUT2D eigenvalue weighted by Gasteiger charge is 2.15. The molecule has 6 nitrogen and oxygen atoms in total. The van der Waals surface area contributed by atoms with Gasteiger partial charge in [-0.05, 0) is 19.1 Å². The molecule has 2 aromatic rings. The first-order valence-electron chi connectivity index (χ1n) is 5.64. The highest BCUT2D eigenvalue weighted by Crippen LogP contribution is 2.27. The SMILES string of the molecule is Cc1cccc(NCCn2cccn2)c1[N+](=O)[O-]. The Morgan fingerprint density at radius 1 is 1.44 bits per heavy atom. The third-order valence-electron chi connectivity index (χ3n) is 2.64. The van der Waals surface area contributed by atoms with Crippen LogP contribution in [0.1, 0.15) is 5.56 Å². The van der Waals surface area contributed by atoms with Crippen LogP contribution in [0.3, 0.4) is 0 Å². The van der Waals surface area contributed by atoms with Crippen molar-refractivity contribution in [3.8, 4) is 0 Å². The minimum Gasteiger partial charge on any atom is -0.378 e. The number of benzene rings is 1. The Kier molecular flexibility index (Phi) is 3.57. The Morgan fingerprint density at radius 3 is 2.94 bits per heavy atom. The molecule has 2 rings (SSSR count). The summed E-state index contributed by atoms with van der Waals surface area (Å²) in [7, 11) is 0. The number of nitrogens with zero attached hydrogens (tertiary/aromatic N) is 3. The van der Waals surface area contributed by atoms with Gasteiger partial charge in [0, 0.05) is 24.5 Å². The molecule has 6 heteroatoms. The zero-order valence-electron chi connectivity index (χ0n) is 10.0. The smallest absolute Gasteiger partial charge is 0.295 e. The normalized spacial score (nSPS) is 10.3. The predicted molar refractivity (Wildman–Crippen MR) is 68.6 cm³/mol. The highest BCUT2D eigenvalue weighted by atomic mass is 16.6. The summed E-state index contributed by atoms with van der Waals surface area (Å²) in [6.07, 6.45) is 3.56. The number of hydrogen-bond donors (Lipinski definition) is 1. The van der Waals surface area contributed by atoms with Gasteiger partial charge in [-0.15, -0.1) is 0 Å². The number of nitro groups is 1. The number of nitrogens with one attached hydrogen (secondary N) is 1. The summed E-state index contributed by atoms with van der Waals surface area (Å²) in [5.74, 6) is 0. The molecule has 0 spiro atoms. The second-order valence-electron chi connectivity index (χ2n) is 3.92. The van der Waals surface area contributed by atoms with E-state index in [0.717, 1.165) is 0 Å². The van der Waals surface area contributed by atoms with E-state index in [4.69, 9.17) is 0 Å². The lowest BCUT2D eigenvalue weighted by atomic mass is 10.1. The van der Waals surface area contributed by atoms with E-state index in [2.05, 4.69) is 10.4 Å². The molecule has 94 valence electrons. The maximum Gasteiger partial charge on any atom is 0.295 e. The Bertz CT molecular complexity index is 537. The highest BCUT2D eigenvalue weighted by molar-refractivity contribution is 5.64. The Hall–Kier alpha value is -2.37. The van der Waals surface area contributed by atoms with Crippen LogP contribution in [0.5, 0.6) is 0 Å².